The van der Waals surface area contributed by atoms with Crippen LogP contribution in [-0.2, 0) is 27.4 Å². The Kier molecular flexibility index (Phi) is 8.11. The first-order valence-electron chi connectivity index (χ1n) is 10.6. The molecule has 1 amide bonds. The zero-order valence-corrected chi connectivity index (χ0v) is 20.0. The molecule has 0 fully saturated rings. The lowest BCUT2D eigenvalue weighted by Gasteiger charge is -2.27. The molecule has 2 N–H and O–H groups in total. The van der Waals surface area contributed by atoms with Crippen molar-refractivity contribution in [3.63, 3.8) is 0 Å². The van der Waals surface area contributed by atoms with Gasteiger partial charge in [0.15, 0.2) is 10.8 Å². The summed E-state index contributed by atoms with van der Waals surface area (Å²) in [6, 6.07) is 9.24. The van der Waals surface area contributed by atoms with Gasteiger partial charge in [0, 0.05) is 13.1 Å². The fourth-order valence-corrected chi connectivity index (χ4v) is 3.16. The van der Waals surface area contributed by atoms with E-state index in [-0.39, 0.29) is 37.4 Å². The van der Waals surface area contributed by atoms with E-state index < -0.39 is 17.8 Å². The van der Waals surface area contributed by atoms with Gasteiger partial charge in [-0.2, -0.15) is 9.97 Å². The normalized spacial score (nSPS) is 11.3. The summed E-state index contributed by atoms with van der Waals surface area (Å²) in [5.74, 6) is 0.0191. The fourth-order valence-electron chi connectivity index (χ4n) is 2.94. The number of anilines is 1. The van der Waals surface area contributed by atoms with E-state index in [9.17, 15) is 9.59 Å². The summed E-state index contributed by atoms with van der Waals surface area (Å²) in [5, 5.41) is 0.146. The quantitative estimate of drug-likeness (QED) is 0.370. The molecule has 0 aliphatic heterocycles. The van der Waals surface area contributed by atoms with E-state index in [1.807, 2.05) is 30.3 Å². The van der Waals surface area contributed by atoms with Gasteiger partial charge in [0.2, 0.25) is 5.95 Å². The summed E-state index contributed by atoms with van der Waals surface area (Å²) in [7, 11) is 0. The second kappa shape index (κ2) is 11.0. The van der Waals surface area contributed by atoms with E-state index in [0.29, 0.717) is 17.7 Å². The summed E-state index contributed by atoms with van der Waals surface area (Å²) >= 11 is 6.07. The third kappa shape index (κ3) is 7.20. The number of ether oxygens (including phenoxy) is 3. The van der Waals surface area contributed by atoms with Gasteiger partial charge in [-0.15, -0.1) is 0 Å². The van der Waals surface area contributed by atoms with Gasteiger partial charge in [-0.05, 0) is 26.3 Å². The lowest BCUT2D eigenvalue weighted by Crippen LogP contribution is -2.40. The standard InChI is InChI=1S/C22H27ClN6O5/c1-22(2,3)34-20(30)28(11-12-32-21(31)33-13-15-7-5-4-6-8-15)9-10-29-14-25-16-17(23)26-19(24)27-18(16)29/h4-8,14H,9-13H2,1-3H3,(H2,24,26,27). The first-order chi connectivity index (χ1) is 16.1. The van der Waals surface area contributed by atoms with Crippen molar-refractivity contribution in [2.24, 2.45) is 0 Å². The third-order valence-electron chi connectivity index (χ3n) is 4.48. The van der Waals surface area contributed by atoms with E-state index in [0.717, 1.165) is 5.56 Å². The lowest BCUT2D eigenvalue weighted by molar-refractivity contribution is 0.0132. The van der Waals surface area contributed by atoms with Crippen molar-refractivity contribution in [1.82, 2.24) is 24.4 Å². The molecule has 0 spiro atoms. The molecule has 0 saturated heterocycles. The smallest absolute Gasteiger partial charge is 0.444 e. The van der Waals surface area contributed by atoms with Gasteiger partial charge in [-0.3, -0.25) is 0 Å². The van der Waals surface area contributed by atoms with E-state index in [1.54, 1.807) is 25.3 Å². The highest BCUT2D eigenvalue weighted by Crippen LogP contribution is 2.19. The number of hydrogen-bond acceptors (Lipinski definition) is 9. The number of nitrogens with two attached hydrogens (primary N) is 1. The maximum atomic E-state index is 12.7. The Labute approximate surface area is 201 Å². The predicted molar refractivity (Wildman–Crippen MR) is 125 cm³/mol. The average Bonchev–Trinajstić information content (AvgIpc) is 3.17. The maximum absolute atomic E-state index is 12.7. The van der Waals surface area contributed by atoms with Crippen molar-refractivity contribution in [3.8, 4) is 0 Å². The molecule has 3 aromatic rings. The molecule has 2 aromatic heterocycles. The number of imidazole rings is 1. The molecule has 0 aliphatic rings. The lowest BCUT2D eigenvalue weighted by atomic mass is 10.2. The van der Waals surface area contributed by atoms with Crippen LogP contribution in [0.2, 0.25) is 5.15 Å². The van der Waals surface area contributed by atoms with Crippen molar-refractivity contribution in [2.45, 2.75) is 39.5 Å². The first-order valence-corrected chi connectivity index (χ1v) is 11.0. The minimum absolute atomic E-state index is 0.0191. The number of rotatable bonds is 8. The largest absolute Gasteiger partial charge is 0.508 e. The zero-order chi connectivity index (χ0) is 24.7. The second-order valence-corrected chi connectivity index (χ2v) is 8.68. The zero-order valence-electron chi connectivity index (χ0n) is 19.2. The van der Waals surface area contributed by atoms with Crippen LogP contribution in [0, 0.1) is 0 Å². The molecule has 0 radical (unpaired) electrons. The van der Waals surface area contributed by atoms with Crippen LogP contribution >= 0.6 is 11.6 Å². The number of nitrogen functional groups attached to an aromatic ring is 1. The van der Waals surface area contributed by atoms with Crippen molar-refractivity contribution in [2.75, 3.05) is 25.4 Å². The number of aromatic nitrogens is 4. The highest BCUT2D eigenvalue weighted by molar-refractivity contribution is 6.33. The number of nitrogens with zero attached hydrogens (tertiary/aromatic N) is 5. The molecular formula is C22H27ClN6O5. The molecule has 34 heavy (non-hydrogen) atoms. The maximum Gasteiger partial charge on any atom is 0.508 e. The van der Waals surface area contributed by atoms with Gasteiger partial charge in [-0.1, -0.05) is 41.9 Å². The Hall–Kier alpha value is -3.60. The average molecular weight is 491 g/mol. The molecule has 0 atom stereocenters. The molecule has 0 saturated carbocycles. The predicted octanol–water partition coefficient (Wildman–Crippen LogP) is 3.65. The number of carbonyl (C=O) groups is 2. The molecule has 0 bridgehead atoms. The van der Waals surface area contributed by atoms with Crippen LogP contribution in [-0.4, -0.2) is 62.0 Å². The van der Waals surface area contributed by atoms with Crippen LogP contribution in [0.5, 0.6) is 0 Å². The summed E-state index contributed by atoms with van der Waals surface area (Å²) in [4.78, 5) is 38.3. The van der Waals surface area contributed by atoms with E-state index >= 15 is 0 Å². The molecule has 2 heterocycles. The van der Waals surface area contributed by atoms with Crippen LogP contribution in [0.15, 0.2) is 36.7 Å². The van der Waals surface area contributed by atoms with Crippen molar-refractivity contribution < 1.29 is 23.8 Å². The Bertz CT molecular complexity index is 1130. The Morgan fingerprint density at radius 3 is 2.56 bits per heavy atom. The molecule has 1 aromatic carbocycles. The number of hydrogen-bond donors (Lipinski definition) is 1. The fraction of sp³-hybridized carbons (Fsp3) is 0.409. The van der Waals surface area contributed by atoms with Gasteiger partial charge in [0.25, 0.3) is 0 Å². The van der Waals surface area contributed by atoms with Crippen LogP contribution in [0.3, 0.4) is 0 Å². The summed E-state index contributed by atoms with van der Waals surface area (Å²) < 4.78 is 17.4. The van der Waals surface area contributed by atoms with Gasteiger partial charge in [0.05, 0.1) is 12.9 Å². The van der Waals surface area contributed by atoms with Crippen LogP contribution in [0.25, 0.3) is 11.2 Å². The Morgan fingerprint density at radius 2 is 1.85 bits per heavy atom. The van der Waals surface area contributed by atoms with Gasteiger partial charge < -0.3 is 29.4 Å². The van der Waals surface area contributed by atoms with E-state index in [1.165, 1.54) is 11.2 Å². The van der Waals surface area contributed by atoms with Gasteiger partial charge >= 0.3 is 12.2 Å². The van der Waals surface area contributed by atoms with Crippen molar-refractivity contribution in [1.29, 1.82) is 0 Å². The van der Waals surface area contributed by atoms with E-state index in [2.05, 4.69) is 15.0 Å². The molecular weight excluding hydrogens is 464 g/mol. The Balaban J connectivity index is 1.59. The minimum atomic E-state index is -0.824. The Morgan fingerprint density at radius 1 is 1.12 bits per heavy atom. The molecule has 12 heteroatoms. The van der Waals surface area contributed by atoms with Gasteiger partial charge in [-0.25, -0.2) is 14.6 Å². The van der Waals surface area contributed by atoms with E-state index in [4.69, 9.17) is 31.5 Å². The number of carbonyl (C=O) groups excluding carboxylic acids is 2. The second-order valence-electron chi connectivity index (χ2n) is 8.32. The third-order valence-corrected chi connectivity index (χ3v) is 4.75. The van der Waals surface area contributed by atoms with Crippen molar-refractivity contribution in [3.05, 3.63) is 47.4 Å². The highest BCUT2D eigenvalue weighted by Gasteiger charge is 2.23. The molecule has 11 nitrogen and oxygen atoms in total. The number of fused-ring (bicyclic) bond motifs is 1. The van der Waals surface area contributed by atoms with Gasteiger partial charge in [0.1, 0.15) is 24.3 Å². The monoisotopic (exact) mass is 490 g/mol. The first kappa shape index (κ1) is 25.0. The highest BCUT2D eigenvalue weighted by atomic mass is 35.5. The number of benzene rings is 1. The van der Waals surface area contributed by atoms with Crippen LogP contribution in [0.1, 0.15) is 26.3 Å². The molecule has 0 unspecified atom stereocenters. The topological polar surface area (TPSA) is 135 Å². The molecule has 182 valence electrons. The summed E-state index contributed by atoms with van der Waals surface area (Å²) in [5.41, 5.74) is 6.69. The summed E-state index contributed by atoms with van der Waals surface area (Å²) in [6.07, 6.45) is 0.163. The molecule has 3 rings (SSSR count). The SMILES string of the molecule is CC(C)(C)OC(=O)N(CCOC(=O)OCc1ccccc1)CCn1cnc2c(Cl)nc(N)nc21. The van der Waals surface area contributed by atoms with Crippen LogP contribution < -0.4 is 5.73 Å². The number of amides is 1. The van der Waals surface area contributed by atoms with Crippen molar-refractivity contribution >= 4 is 41.0 Å². The van der Waals surface area contributed by atoms with Crippen LogP contribution in [0.4, 0.5) is 15.5 Å². The minimum Gasteiger partial charge on any atom is -0.444 e. The summed E-state index contributed by atoms with van der Waals surface area (Å²) in [6.45, 7) is 5.98. The number of halogens is 1. The molecule has 0 aliphatic carbocycles.